The van der Waals surface area contributed by atoms with Crippen molar-refractivity contribution < 1.29 is 18.6 Å². The zero-order chi connectivity index (χ0) is 10.7. The van der Waals surface area contributed by atoms with E-state index in [1.165, 1.54) is 13.3 Å². The summed E-state index contributed by atoms with van der Waals surface area (Å²) in [5.74, 6) is 0.192. The number of rotatable bonds is 3. The van der Waals surface area contributed by atoms with E-state index in [0.717, 1.165) is 0 Å². The zero-order valence-electron chi connectivity index (χ0n) is 7.30. The van der Waals surface area contributed by atoms with Crippen LogP contribution in [-0.4, -0.2) is 17.2 Å². The second-order valence-corrected chi connectivity index (χ2v) is 3.27. The van der Waals surface area contributed by atoms with E-state index in [4.69, 9.17) is 9.84 Å². The molecular formula is C8H8BrF2NO2. The Kier molecular flexibility index (Phi) is 3.77. The maximum absolute atomic E-state index is 12.4. The first-order valence-corrected chi connectivity index (χ1v) is 4.51. The molecule has 1 heterocycles. The van der Waals surface area contributed by atoms with Crippen LogP contribution in [0, 0.1) is 0 Å². The molecule has 0 fully saturated rings. The Hall–Kier alpha value is -0.750. The van der Waals surface area contributed by atoms with Crippen molar-refractivity contribution in [1.82, 2.24) is 4.98 Å². The van der Waals surface area contributed by atoms with E-state index in [0.29, 0.717) is 5.56 Å². The van der Waals surface area contributed by atoms with Crippen LogP contribution in [0.3, 0.4) is 0 Å². The van der Waals surface area contributed by atoms with Crippen molar-refractivity contribution in [1.29, 1.82) is 0 Å². The number of aliphatic hydroxyl groups excluding tert-OH is 1. The number of nitrogens with zero attached hydrogens (tertiary/aromatic N) is 1. The molecule has 0 unspecified atom stereocenters. The Morgan fingerprint density at radius 3 is 2.71 bits per heavy atom. The van der Waals surface area contributed by atoms with Crippen LogP contribution in [-0.2, 0) is 6.61 Å². The van der Waals surface area contributed by atoms with Crippen LogP contribution >= 0.6 is 15.9 Å². The summed E-state index contributed by atoms with van der Waals surface area (Å²) in [7, 11) is 1.34. The van der Waals surface area contributed by atoms with Crippen molar-refractivity contribution in [3.63, 3.8) is 0 Å². The fourth-order valence-electron chi connectivity index (χ4n) is 1.01. The minimum Gasteiger partial charge on any atom is -0.495 e. The highest BCUT2D eigenvalue weighted by Gasteiger charge is 2.19. The molecule has 0 aliphatic heterocycles. The summed E-state index contributed by atoms with van der Waals surface area (Å²) in [5.41, 5.74) is -0.0252. The molecule has 0 aromatic carbocycles. The molecule has 0 saturated carbocycles. The number of alkyl halides is 2. The normalized spacial score (nSPS) is 10.7. The van der Waals surface area contributed by atoms with Crippen molar-refractivity contribution in [3.8, 4) is 5.75 Å². The summed E-state index contributed by atoms with van der Waals surface area (Å²) in [6.07, 6.45) is -1.50. The number of hydrogen-bond acceptors (Lipinski definition) is 3. The number of ether oxygens (including phenoxy) is 1. The molecule has 6 heteroatoms. The largest absolute Gasteiger partial charge is 0.495 e. The van der Waals surface area contributed by atoms with Gasteiger partial charge in [0, 0.05) is 11.8 Å². The number of aromatic nitrogens is 1. The minimum atomic E-state index is -2.67. The maximum atomic E-state index is 12.4. The molecule has 1 N–H and O–H groups in total. The Labute approximate surface area is 87.9 Å². The van der Waals surface area contributed by atoms with Crippen molar-refractivity contribution in [3.05, 3.63) is 21.9 Å². The van der Waals surface area contributed by atoms with Crippen LogP contribution in [0.5, 0.6) is 5.75 Å². The highest BCUT2D eigenvalue weighted by molar-refractivity contribution is 9.10. The fraction of sp³-hybridized carbons (Fsp3) is 0.375. The van der Waals surface area contributed by atoms with Crippen molar-refractivity contribution in [2.45, 2.75) is 13.0 Å². The predicted molar refractivity (Wildman–Crippen MR) is 49.4 cm³/mol. The first-order chi connectivity index (χ1) is 6.61. The van der Waals surface area contributed by atoms with E-state index in [1.807, 2.05) is 0 Å². The molecule has 78 valence electrons. The molecule has 0 bridgehead atoms. The molecule has 0 saturated heterocycles. The van der Waals surface area contributed by atoms with Gasteiger partial charge in [0.1, 0.15) is 11.4 Å². The van der Waals surface area contributed by atoms with Crippen LogP contribution in [0.4, 0.5) is 8.78 Å². The molecule has 1 aromatic heterocycles. The summed E-state index contributed by atoms with van der Waals surface area (Å²) in [4.78, 5) is 3.52. The number of halogens is 3. The third-order valence-corrected chi connectivity index (χ3v) is 2.42. The highest BCUT2D eigenvalue weighted by Crippen LogP contribution is 2.35. The lowest BCUT2D eigenvalue weighted by molar-refractivity contribution is 0.144. The second kappa shape index (κ2) is 4.65. The van der Waals surface area contributed by atoms with Crippen molar-refractivity contribution in [2.75, 3.05) is 7.11 Å². The minimum absolute atomic E-state index is 0.0848. The van der Waals surface area contributed by atoms with Gasteiger partial charge in [0.05, 0.1) is 18.2 Å². The van der Waals surface area contributed by atoms with Gasteiger partial charge in [-0.3, -0.25) is 4.98 Å². The molecule has 1 rings (SSSR count). The van der Waals surface area contributed by atoms with Gasteiger partial charge in [0.15, 0.2) is 0 Å². The summed E-state index contributed by atoms with van der Waals surface area (Å²) in [6.45, 7) is -0.307. The van der Waals surface area contributed by atoms with Crippen LogP contribution in [0.25, 0.3) is 0 Å². The molecule has 0 spiro atoms. The van der Waals surface area contributed by atoms with Crippen LogP contribution in [0.15, 0.2) is 10.7 Å². The summed E-state index contributed by atoms with van der Waals surface area (Å²) < 4.78 is 29.7. The molecular weight excluding hydrogens is 260 g/mol. The number of aliphatic hydroxyl groups is 1. The molecule has 0 amide bonds. The van der Waals surface area contributed by atoms with Gasteiger partial charge in [-0.2, -0.15) is 0 Å². The number of pyridine rings is 1. The molecule has 0 atom stereocenters. The summed E-state index contributed by atoms with van der Waals surface area (Å²) in [6, 6.07) is 0. The molecule has 0 aliphatic carbocycles. The summed E-state index contributed by atoms with van der Waals surface area (Å²) >= 11 is 2.96. The van der Waals surface area contributed by atoms with Gasteiger partial charge in [-0.05, 0) is 15.9 Å². The van der Waals surface area contributed by atoms with E-state index >= 15 is 0 Å². The standard InChI is InChI=1S/C8H8BrF2NO2/c1-14-7-4(3-13)2-12-6(5(7)9)8(10)11/h2,8,13H,3H2,1H3. The quantitative estimate of drug-likeness (QED) is 0.914. The fourth-order valence-corrected chi connectivity index (χ4v) is 1.70. The van der Waals surface area contributed by atoms with E-state index in [-0.39, 0.29) is 22.5 Å². The van der Waals surface area contributed by atoms with Crippen molar-refractivity contribution >= 4 is 15.9 Å². The van der Waals surface area contributed by atoms with Gasteiger partial charge in [-0.15, -0.1) is 0 Å². The lowest BCUT2D eigenvalue weighted by Crippen LogP contribution is -2.00. The summed E-state index contributed by atoms with van der Waals surface area (Å²) in [5, 5.41) is 8.88. The van der Waals surface area contributed by atoms with E-state index in [2.05, 4.69) is 20.9 Å². The molecule has 3 nitrogen and oxygen atoms in total. The Balaban J connectivity index is 3.27. The van der Waals surface area contributed by atoms with Gasteiger partial charge in [-0.1, -0.05) is 0 Å². The lowest BCUT2D eigenvalue weighted by atomic mass is 10.2. The molecule has 0 aliphatic rings. The Bertz CT molecular complexity index is 333. The van der Waals surface area contributed by atoms with Crippen LogP contribution < -0.4 is 4.74 Å². The van der Waals surface area contributed by atoms with E-state index in [1.54, 1.807) is 0 Å². The lowest BCUT2D eigenvalue weighted by Gasteiger charge is -2.10. The monoisotopic (exact) mass is 267 g/mol. The van der Waals surface area contributed by atoms with Gasteiger partial charge in [0.25, 0.3) is 6.43 Å². The average Bonchev–Trinajstić information content (AvgIpc) is 2.16. The SMILES string of the molecule is COc1c(CO)cnc(C(F)F)c1Br. The van der Waals surface area contributed by atoms with E-state index < -0.39 is 6.43 Å². The number of hydrogen-bond donors (Lipinski definition) is 1. The first-order valence-electron chi connectivity index (χ1n) is 3.72. The third-order valence-electron chi connectivity index (χ3n) is 1.66. The average molecular weight is 268 g/mol. The molecule has 14 heavy (non-hydrogen) atoms. The van der Waals surface area contributed by atoms with Gasteiger partial charge < -0.3 is 9.84 Å². The van der Waals surface area contributed by atoms with Crippen molar-refractivity contribution in [2.24, 2.45) is 0 Å². The Morgan fingerprint density at radius 1 is 1.64 bits per heavy atom. The Morgan fingerprint density at radius 2 is 2.29 bits per heavy atom. The second-order valence-electron chi connectivity index (χ2n) is 2.47. The maximum Gasteiger partial charge on any atom is 0.281 e. The van der Waals surface area contributed by atoms with Gasteiger partial charge in [0.2, 0.25) is 0 Å². The molecule has 1 aromatic rings. The molecule has 0 radical (unpaired) electrons. The zero-order valence-corrected chi connectivity index (χ0v) is 8.88. The highest BCUT2D eigenvalue weighted by atomic mass is 79.9. The number of methoxy groups -OCH3 is 1. The van der Waals surface area contributed by atoms with Gasteiger partial charge in [-0.25, -0.2) is 8.78 Å². The van der Waals surface area contributed by atoms with E-state index in [9.17, 15) is 8.78 Å². The van der Waals surface area contributed by atoms with Gasteiger partial charge >= 0.3 is 0 Å². The van der Waals surface area contributed by atoms with Crippen LogP contribution in [0.1, 0.15) is 17.7 Å². The predicted octanol–water partition coefficient (Wildman–Crippen LogP) is 2.28. The smallest absolute Gasteiger partial charge is 0.281 e. The first kappa shape index (κ1) is 11.3. The van der Waals surface area contributed by atoms with Crippen LogP contribution in [0.2, 0.25) is 0 Å². The third kappa shape index (κ3) is 2.01. The topological polar surface area (TPSA) is 42.4 Å².